The molecule has 0 aliphatic heterocycles. The van der Waals surface area contributed by atoms with Gasteiger partial charge in [0.05, 0.1) is 17.8 Å². The molecule has 0 atom stereocenters. The first-order chi connectivity index (χ1) is 13.5. The van der Waals surface area contributed by atoms with Gasteiger partial charge in [0, 0.05) is 29.5 Å². The highest BCUT2D eigenvalue weighted by Crippen LogP contribution is 2.28. The summed E-state index contributed by atoms with van der Waals surface area (Å²) in [5.41, 5.74) is 6.00. The van der Waals surface area contributed by atoms with Crippen LogP contribution in [0.15, 0.2) is 60.8 Å². The summed E-state index contributed by atoms with van der Waals surface area (Å²) in [6.07, 6.45) is 1.81. The van der Waals surface area contributed by atoms with E-state index < -0.39 is 0 Å². The molecule has 0 spiro atoms. The molecule has 5 heteroatoms. The molecule has 1 N–H and O–H groups in total. The monoisotopic (exact) mass is 377 g/mol. The van der Waals surface area contributed by atoms with Crippen LogP contribution < -0.4 is 5.32 Å². The largest absolute Gasteiger partial charge is 0.379 e. The lowest BCUT2D eigenvalue weighted by molar-refractivity contribution is 0.623. The number of benzene rings is 2. The molecule has 0 amide bonds. The van der Waals surface area contributed by atoms with Gasteiger partial charge in [-0.2, -0.15) is 0 Å². The third kappa shape index (κ3) is 3.48. The number of nitrogens with one attached hydrogen (secondary N) is 1. The van der Waals surface area contributed by atoms with Crippen LogP contribution in [0.1, 0.15) is 22.5 Å². The molecule has 0 aliphatic rings. The average molecular weight is 377 g/mol. The number of pyridine rings is 1. The molecule has 4 aromatic rings. The second kappa shape index (κ2) is 7.43. The molecule has 2 aromatic carbocycles. The lowest BCUT2D eigenvalue weighted by atomic mass is 10.1. The van der Waals surface area contributed by atoms with Crippen LogP contribution in [0.25, 0.3) is 10.9 Å². The van der Waals surface area contributed by atoms with Crippen LogP contribution in [0.3, 0.4) is 0 Å². The predicted molar refractivity (Wildman–Crippen MR) is 108 cm³/mol. The van der Waals surface area contributed by atoms with E-state index in [-0.39, 0.29) is 11.6 Å². The van der Waals surface area contributed by atoms with Gasteiger partial charge in [0.1, 0.15) is 11.6 Å². The minimum absolute atomic E-state index is 0.236. The maximum absolute atomic E-state index is 13.6. The maximum atomic E-state index is 13.6. The van der Waals surface area contributed by atoms with Gasteiger partial charge in [0.2, 0.25) is 0 Å². The highest BCUT2D eigenvalue weighted by Gasteiger charge is 2.15. The van der Waals surface area contributed by atoms with E-state index in [1.54, 1.807) is 24.3 Å². The molecular formula is C23H21F2N3. The molecular weight excluding hydrogens is 356 g/mol. The standard InChI is InChI=1S/C23H21F2N3/c1-15-16(2)28(14-17-4-3-5-19(25)12-17)23-21(15)10-11-26-22(23)13-27-20-8-6-18(24)7-9-20/h3-12,27H,13-14H2,1-2H3. The summed E-state index contributed by atoms with van der Waals surface area (Å²) in [6, 6.07) is 15.0. The van der Waals surface area contributed by atoms with E-state index in [1.807, 2.05) is 18.3 Å². The lowest BCUT2D eigenvalue weighted by Crippen LogP contribution is -2.08. The van der Waals surface area contributed by atoms with Crippen molar-refractivity contribution in [3.05, 3.63) is 94.9 Å². The van der Waals surface area contributed by atoms with Crippen LogP contribution in [-0.4, -0.2) is 9.55 Å². The first-order valence-electron chi connectivity index (χ1n) is 9.20. The molecule has 0 aliphatic carbocycles. The van der Waals surface area contributed by atoms with Gasteiger partial charge in [-0.25, -0.2) is 8.78 Å². The van der Waals surface area contributed by atoms with Crippen molar-refractivity contribution >= 4 is 16.6 Å². The van der Waals surface area contributed by atoms with E-state index in [2.05, 4.69) is 28.7 Å². The summed E-state index contributed by atoms with van der Waals surface area (Å²) in [5, 5.41) is 4.45. The number of rotatable bonds is 5. The average Bonchev–Trinajstić information content (AvgIpc) is 2.93. The van der Waals surface area contributed by atoms with Crippen LogP contribution in [-0.2, 0) is 13.1 Å². The number of anilines is 1. The number of halogens is 2. The van der Waals surface area contributed by atoms with Gasteiger partial charge >= 0.3 is 0 Å². The Bertz CT molecular complexity index is 1130. The Hall–Kier alpha value is -3.21. The van der Waals surface area contributed by atoms with Crippen molar-refractivity contribution in [3.63, 3.8) is 0 Å². The quantitative estimate of drug-likeness (QED) is 0.491. The van der Waals surface area contributed by atoms with Crippen LogP contribution in [0.5, 0.6) is 0 Å². The fraction of sp³-hybridized carbons (Fsp3) is 0.174. The van der Waals surface area contributed by atoms with Gasteiger partial charge in [-0.1, -0.05) is 12.1 Å². The fourth-order valence-corrected chi connectivity index (χ4v) is 3.56. The number of aryl methyl sites for hydroxylation is 1. The van der Waals surface area contributed by atoms with Crippen LogP contribution in [0.4, 0.5) is 14.5 Å². The normalized spacial score (nSPS) is 11.1. The Morgan fingerprint density at radius 3 is 2.50 bits per heavy atom. The third-order valence-electron chi connectivity index (χ3n) is 5.16. The predicted octanol–water partition coefficient (Wildman–Crippen LogP) is 5.59. The zero-order chi connectivity index (χ0) is 19.7. The number of hydrogen-bond donors (Lipinski definition) is 1. The number of aromatic nitrogens is 2. The molecule has 3 nitrogen and oxygen atoms in total. The molecule has 28 heavy (non-hydrogen) atoms. The van der Waals surface area contributed by atoms with Crippen LogP contribution in [0.2, 0.25) is 0 Å². The van der Waals surface area contributed by atoms with Crippen molar-refractivity contribution in [3.8, 4) is 0 Å². The highest BCUT2D eigenvalue weighted by molar-refractivity contribution is 5.87. The Labute approximate surface area is 162 Å². The van der Waals surface area contributed by atoms with Gasteiger partial charge in [0.25, 0.3) is 0 Å². The molecule has 142 valence electrons. The lowest BCUT2D eigenvalue weighted by Gasteiger charge is -2.13. The molecule has 0 unspecified atom stereocenters. The molecule has 2 heterocycles. The van der Waals surface area contributed by atoms with Crippen LogP contribution >= 0.6 is 0 Å². The van der Waals surface area contributed by atoms with Gasteiger partial charge in [-0.05, 0) is 67.4 Å². The fourth-order valence-electron chi connectivity index (χ4n) is 3.56. The zero-order valence-electron chi connectivity index (χ0n) is 15.8. The minimum atomic E-state index is -0.263. The third-order valence-corrected chi connectivity index (χ3v) is 5.16. The Morgan fingerprint density at radius 2 is 1.75 bits per heavy atom. The van der Waals surface area contributed by atoms with E-state index in [9.17, 15) is 8.78 Å². The second-order valence-electron chi connectivity index (χ2n) is 6.94. The van der Waals surface area contributed by atoms with E-state index in [0.717, 1.165) is 33.5 Å². The van der Waals surface area contributed by atoms with Crippen molar-refractivity contribution < 1.29 is 8.78 Å². The summed E-state index contributed by atoms with van der Waals surface area (Å²) in [6.45, 7) is 5.25. The van der Waals surface area contributed by atoms with Crippen LogP contribution in [0, 0.1) is 25.5 Å². The summed E-state index contributed by atoms with van der Waals surface area (Å²) in [7, 11) is 0. The van der Waals surface area contributed by atoms with E-state index in [4.69, 9.17) is 0 Å². The SMILES string of the molecule is Cc1c(C)n(Cc2cccc(F)c2)c2c(CNc3ccc(F)cc3)nccc12. The minimum Gasteiger partial charge on any atom is -0.379 e. The van der Waals surface area contributed by atoms with Crippen molar-refractivity contribution in [1.82, 2.24) is 9.55 Å². The van der Waals surface area contributed by atoms with E-state index >= 15 is 0 Å². The number of hydrogen-bond acceptors (Lipinski definition) is 2. The van der Waals surface area contributed by atoms with Gasteiger partial charge in [-0.3, -0.25) is 4.98 Å². The molecule has 0 saturated heterocycles. The van der Waals surface area contributed by atoms with Gasteiger partial charge < -0.3 is 9.88 Å². The maximum Gasteiger partial charge on any atom is 0.123 e. The van der Waals surface area contributed by atoms with Crippen molar-refractivity contribution in [2.75, 3.05) is 5.32 Å². The van der Waals surface area contributed by atoms with Crippen molar-refractivity contribution in [2.45, 2.75) is 26.9 Å². The van der Waals surface area contributed by atoms with Gasteiger partial charge in [0.15, 0.2) is 0 Å². The molecule has 4 rings (SSSR count). The summed E-state index contributed by atoms with van der Waals surface area (Å²) >= 11 is 0. The molecule has 0 saturated carbocycles. The molecule has 2 aromatic heterocycles. The zero-order valence-corrected chi connectivity index (χ0v) is 15.8. The topological polar surface area (TPSA) is 29.9 Å². The van der Waals surface area contributed by atoms with Gasteiger partial charge in [-0.15, -0.1) is 0 Å². The summed E-state index contributed by atoms with van der Waals surface area (Å²) < 4.78 is 29.0. The summed E-state index contributed by atoms with van der Waals surface area (Å²) in [4.78, 5) is 4.58. The molecule has 0 radical (unpaired) electrons. The first kappa shape index (κ1) is 18.2. The second-order valence-corrected chi connectivity index (χ2v) is 6.94. The van der Waals surface area contributed by atoms with E-state index in [1.165, 1.54) is 23.8 Å². The summed E-state index contributed by atoms with van der Waals surface area (Å²) in [5.74, 6) is -0.499. The smallest absolute Gasteiger partial charge is 0.123 e. The van der Waals surface area contributed by atoms with Crippen molar-refractivity contribution in [2.24, 2.45) is 0 Å². The first-order valence-corrected chi connectivity index (χ1v) is 9.20. The van der Waals surface area contributed by atoms with Crippen molar-refractivity contribution in [1.29, 1.82) is 0 Å². The van der Waals surface area contributed by atoms with E-state index in [0.29, 0.717) is 13.1 Å². The molecule has 0 bridgehead atoms. The number of nitrogens with zero attached hydrogens (tertiary/aromatic N) is 2. The number of fused-ring (bicyclic) bond motifs is 1. The molecule has 0 fully saturated rings. The Balaban J connectivity index is 1.72. The Morgan fingerprint density at radius 1 is 0.964 bits per heavy atom. The Kier molecular flexibility index (Phi) is 4.82. The highest BCUT2D eigenvalue weighted by atomic mass is 19.1.